The molecule has 3 rings (SSSR count). The van der Waals surface area contributed by atoms with E-state index in [1.54, 1.807) is 7.05 Å². The molecule has 0 aliphatic rings. The van der Waals surface area contributed by atoms with Crippen molar-refractivity contribution in [3.05, 3.63) is 35.4 Å². The molecule has 0 aromatic carbocycles. The summed E-state index contributed by atoms with van der Waals surface area (Å²) in [7, 11) is -6.87. The van der Waals surface area contributed by atoms with Gasteiger partial charge in [0.1, 0.15) is 19.0 Å². The van der Waals surface area contributed by atoms with Crippen molar-refractivity contribution in [2.45, 2.75) is 12.3 Å². The zero-order valence-corrected chi connectivity index (χ0v) is 19.8. The Labute approximate surface area is 191 Å². The lowest BCUT2D eigenvalue weighted by atomic mass is 10.4. The Kier molecular flexibility index (Phi) is 8.02. The normalized spacial score (nSPS) is 17.3. The quantitative estimate of drug-likeness (QED) is 0.136. The summed E-state index contributed by atoms with van der Waals surface area (Å²) in [5.74, 6) is -0.139. The fourth-order valence-electron chi connectivity index (χ4n) is 2.94. The molecule has 19 heteroatoms. The molecular formula is C15H24N7O10P2+. The van der Waals surface area contributed by atoms with E-state index in [-0.39, 0.29) is 23.7 Å². The van der Waals surface area contributed by atoms with Crippen LogP contribution in [0, 0.1) is 0 Å². The van der Waals surface area contributed by atoms with Gasteiger partial charge in [-0.15, -0.1) is 0 Å². The van der Waals surface area contributed by atoms with Gasteiger partial charge in [-0.1, -0.05) is 4.98 Å². The molecule has 188 valence electrons. The second-order valence-corrected chi connectivity index (χ2v) is 10.2. The number of ether oxygens (including phenoxy) is 2. The molecule has 3 heterocycles. The van der Waals surface area contributed by atoms with E-state index in [4.69, 9.17) is 19.7 Å². The zero-order valence-electron chi connectivity index (χ0n) is 18.0. The van der Waals surface area contributed by atoms with Crippen molar-refractivity contribution in [2.75, 3.05) is 32.7 Å². The number of H-pyrrole nitrogens is 1. The number of nitrogens with one attached hydrogen (secondary N) is 1. The molecule has 3 aromatic rings. The maximum absolute atomic E-state index is 12.2. The summed E-state index contributed by atoms with van der Waals surface area (Å²) in [6.07, 6.45) is 2.42. The Morgan fingerprint density at radius 1 is 1.32 bits per heavy atom. The van der Waals surface area contributed by atoms with E-state index in [0.717, 1.165) is 12.5 Å². The van der Waals surface area contributed by atoms with Crippen LogP contribution in [0.3, 0.4) is 0 Å². The maximum Gasteiger partial charge on any atom is 0.480 e. The summed E-state index contributed by atoms with van der Waals surface area (Å²) in [6.45, 7) is -1.48. The van der Waals surface area contributed by atoms with E-state index < -0.39 is 46.7 Å². The van der Waals surface area contributed by atoms with Crippen LogP contribution in [-0.2, 0) is 34.5 Å². The predicted octanol–water partition coefficient (Wildman–Crippen LogP) is -1.37. The van der Waals surface area contributed by atoms with Gasteiger partial charge in [0.05, 0.1) is 20.3 Å². The molecule has 0 spiro atoms. The van der Waals surface area contributed by atoms with Crippen molar-refractivity contribution < 1.29 is 46.9 Å². The standard InChI is InChI=1S/C15H23N7O10P2/c1-20-9-22(13-12(20)14(24)19-15(16)18-13)11(7-29-2)31-10(5-23)6-30-34(27,28)32-33(25,26)21-4-3-17-8-21/h3-4,8-11,23H,5-7H2,1-2H3,(H4-,16,18,19,24,25,26,27,28)/p+1/t10-,11+/m0/s1. The molecule has 0 saturated heterocycles. The highest BCUT2D eigenvalue weighted by Crippen LogP contribution is 2.60. The second-order valence-electron chi connectivity index (χ2n) is 6.89. The first kappa shape index (κ1) is 26.2. The molecule has 6 N–H and O–H groups in total. The molecule has 0 saturated carbocycles. The van der Waals surface area contributed by atoms with Gasteiger partial charge in [-0.3, -0.25) is 18.9 Å². The smallest absolute Gasteiger partial charge is 0.394 e. The number of imidazole rings is 2. The molecule has 0 aliphatic heterocycles. The minimum Gasteiger partial charge on any atom is -0.394 e. The molecule has 34 heavy (non-hydrogen) atoms. The number of phosphoric acid groups is 1. The summed E-state index contributed by atoms with van der Waals surface area (Å²) in [5, 5.41) is 9.70. The second kappa shape index (κ2) is 10.4. The summed E-state index contributed by atoms with van der Waals surface area (Å²) in [4.78, 5) is 42.0. The van der Waals surface area contributed by atoms with Crippen molar-refractivity contribution in [1.82, 2.24) is 23.9 Å². The summed E-state index contributed by atoms with van der Waals surface area (Å²) in [5.41, 5.74) is 5.49. The molecule has 0 amide bonds. The topological polar surface area (TPSA) is 230 Å². The first-order chi connectivity index (χ1) is 16.0. The molecule has 4 atom stereocenters. The number of aromatic nitrogens is 6. The Hall–Kier alpha value is -2.46. The molecule has 17 nitrogen and oxygen atoms in total. The number of methoxy groups -OCH3 is 1. The Bertz CT molecular complexity index is 1280. The van der Waals surface area contributed by atoms with Gasteiger partial charge in [0, 0.05) is 19.5 Å². The average Bonchev–Trinajstić information content (AvgIpc) is 3.38. The fraction of sp³-hybridized carbons (Fsp3) is 0.467. The van der Waals surface area contributed by atoms with Crippen LogP contribution >= 0.6 is 15.6 Å². The van der Waals surface area contributed by atoms with Gasteiger partial charge in [-0.25, -0.2) is 23.0 Å². The fourth-order valence-corrected chi connectivity index (χ4v) is 5.32. The zero-order chi connectivity index (χ0) is 25.1. The molecule has 0 aliphatic carbocycles. The van der Waals surface area contributed by atoms with Gasteiger partial charge < -0.3 is 30.1 Å². The predicted molar refractivity (Wildman–Crippen MR) is 113 cm³/mol. The number of rotatable bonds is 12. The van der Waals surface area contributed by atoms with E-state index in [2.05, 4.69) is 19.3 Å². The largest absolute Gasteiger partial charge is 0.480 e. The van der Waals surface area contributed by atoms with Crippen molar-refractivity contribution in [1.29, 1.82) is 0 Å². The molecule has 0 radical (unpaired) electrons. The highest BCUT2D eigenvalue weighted by Gasteiger charge is 2.37. The number of aliphatic hydroxyl groups is 1. The van der Waals surface area contributed by atoms with E-state index in [1.807, 2.05) is 0 Å². The summed E-state index contributed by atoms with van der Waals surface area (Å²) >= 11 is 0. The van der Waals surface area contributed by atoms with Crippen molar-refractivity contribution in [2.24, 2.45) is 7.05 Å². The molecule has 0 bridgehead atoms. The number of fused-ring (bicyclic) bond motifs is 1. The number of hydrogen-bond donors (Lipinski definition) is 5. The van der Waals surface area contributed by atoms with Crippen LogP contribution in [0.2, 0.25) is 0 Å². The number of anilines is 1. The maximum atomic E-state index is 12.2. The molecule has 2 unspecified atom stereocenters. The molecule has 0 fully saturated rings. The van der Waals surface area contributed by atoms with Gasteiger partial charge in [0.2, 0.25) is 11.7 Å². The van der Waals surface area contributed by atoms with Crippen LogP contribution in [0.15, 0.2) is 29.8 Å². The lowest BCUT2D eigenvalue weighted by molar-refractivity contribution is -0.746. The van der Waals surface area contributed by atoms with Crippen molar-refractivity contribution >= 4 is 32.7 Å². The Balaban J connectivity index is 1.76. The Morgan fingerprint density at radius 3 is 2.68 bits per heavy atom. The van der Waals surface area contributed by atoms with Crippen LogP contribution in [0.25, 0.3) is 11.2 Å². The number of aryl methyl sites for hydroxylation is 1. The highest BCUT2D eigenvalue weighted by molar-refractivity contribution is 7.63. The lowest BCUT2D eigenvalue weighted by Crippen LogP contribution is -2.46. The third kappa shape index (κ3) is 5.96. The number of nitrogens with two attached hydrogens (primary N) is 1. The van der Waals surface area contributed by atoms with Crippen LogP contribution in [0.4, 0.5) is 5.95 Å². The third-order valence-electron chi connectivity index (χ3n) is 4.38. The summed E-state index contributed by atoms with van der Waals surface area (Å²) < 4.78 is 47.8. The Morgan fingerprint density at radius 2 is 2.06 bits per heavy atom. The van der Waals surface area contributed by atoms with Gasteiger partial charge in [-0.05, 0) is 0 Å². The van der Waals surface area contributed by atoms with Crippen molar-refractivity contribution in [3.63, 3.8) is 0 Å². The number of aromatic amines is 1. The van der Waals surface area contributed by atoms with Crippen molar-refractivity contribution in [3.8, 4) is 0 Å². The van der Waals surface area contributed by atoms with E-state index in [0.29, 0.717) is 4.34 Å². The van der Waals surface area contributed by atoms with Crippen LogP contribution in [0.1, 0.15) is 6.23 Å². The van der Waals surface area contributed by atoms with E-state index >= 15 is 0 Å². The van der Waals surface area contributed by atoms with Gasteiger partial charge >= 0.3 is 21.2 Å². The lowest BCUT2D eigenvalue weighted by Gasteiger charge is -2.23. The van der Waals surface area contributed by atoms with Crippen LogP contribution in [0.5, 0.6) is 0 Å². The third-order valence-corrected chi connectivity index (χ3v) is 7.35. The number of hydrogen-bond acceptors (Lipinski definition) is 11. The number of nitrogen functional groups attached to an aromatic ring is 1. The van der Waals surface area contributed by atoms with Gasteiger partial charge in [-0.2, -0.15) is 4.31 Å². The summed E-state index contributed by atoms with van der Waals surface area (Å²) in [6, 6.07) is 0. The SMILES string of the molecule is COC[C@@H](O[C@@H](CO)COP(=O)(O)OP(=O)(O)n1ccnc1)[n+]1cn(C)c2c(=O)[nH]c(N)nc21. The van der Waals surface area contributed by atoms with E-state index in [1.165, 1.54) is 28.8 Å². The first-order valence-electron chi connectivity index (χ1n) is 9.49. The number of phosphoric ester groups is 1. The number of aliphatic hydroxyl groups excluding tert-OH is 1. The minimum absolute atomic E-state index is 0.0889. The highest BCUT2D eigenvalue weighted by atomic mass is 31.3. The average molecular weight is 524 g/mol. The van der Waals surface area contributed by atoms with Gasteiger partial charge in [0.25, 0.3) is 11.5 Å². The van der Waals surface area contributed by atoms with Crippen LogP contribution < -0.4 is 15.9 Å². The van der Waals surface area contributed by atoms with Gasteiger partial charge in [0.15, 0.2) is 6.33 Å². The van der Waals surface area contributed by atoms with Crippen LogP contribution in [-0.4, -0.2) is 71.8 Å². The first-order valence-corrected chi connectivity index (χ1v) is 12.5. The molecule has 3 aromatic heterocycles. The number of nitrogens with zero attached hydrogens (tertiary/aromatic N) is 5. The van der Waals surface area contributed by atoms with E-state index in [9.17, 15) is 28.8 Å². The molecular weight excluding hydrogens is 500 g/mol. The minimum atomic E-state index is -5.07. The monoisotopic (exact) mass is 524 g/mol.